The lowest BCUT2D eigenvalue weighted by Gasteiger charge is -2.14. The van der Waals surface area contributed by atoms with Gasteiger partial charge in [0.15, 0.2) is 0 Å². The van der Waals surface area contributed by atoms with E-state index in [1.807, 2.05) is 6.07 Å². The molecule has 3 nitrogen and oxygen atoms in total. The Bertz CT molecular complexity index is 574. The normalized spacial score (nSPS) is 12.5. The SMILES string of the molecule is CCCCCCC(N)c1nc(-c2ccccc2)cn1CCCCC. The highest BCUT2D eigenvalue weighted by Crippen LogP contribution is 2.24. The Balaban J connectivity index is 2.12. The van der Waals surface area contributed by atoms with E-state index in [-0.39, 0.29) is 6.04 Å². The first-order valence-electron chi connectivity index (χ1n) is 9.64. The van der Waals surface area contributed by atoms with Crippen LogP contribution in [0.5, 0.6) is 0 Å². The molecule has 2 N–H and O–H groups in total. The second-order valence-electron chi connectivity index (χ2n) is 6.71. The first-order valence-corrected chi connectivity index (χ1v) is 9.64. The summed E-state index contributed by atoms with van der Waals surface area (Å²) in [6.45, 7) is 5.50. The second-order valence-corrected chi connectivity index (χ2v) is 6.71. The Kier molecular flexibility index (Phi) is 8.03. The van der Waals surface area contributed by atoms with Gasteiger partial charge in [0.05, 0.1) is 11.7 Å². The van der Waals surface area contributed by atoms with Crippen LogP contribution in [0.2, 0.25) is 0 Å². The lowest BCUT2D eigenvalue weighted by atomic mass is 10.1. The summed E-state index contributed by atoms with van der Waals surface area (Å²) in [4.78, 5) is 4.90. The summed E-state index contributed by atoms with van der Waals surface area (Å²) in [6, 6.07) is 10.5. The number of unbranched alkanes of at least 4 members (excludes halogenated alkanes) is 5. The largest absolute Gasteiger partial charge is 0.333 e. The van der Waals surface area contributed by atoms with Gasteiger partial charge in [0.2, 0.25) is 0 Å². The minimum absolute atomic E-state index is 0.0425. The van der Waals surface area contributed by atoms with Crippen molar-refractivity contribution in [3.8, 4) is 11.3 Å². The van der Waals surface area contributed by atoms with Crippen LogP contribution in [0.25, 0.3) is 11.3 Å². The minimum atomic E-state index is 0.0425. The average Bonchev–Trinajstić information content (AvgIpc) is 3.04. The van der Waals surface area contributed by atoms with E-state index in [0.29, 0.717) is 0 Å². The zero-order valence-corrected chi connectivity index (χ0v) is 15.4. The number of aryl methyl sites for hydroxylation is 1. The van der Waals surface area contributed by atoms with Crippen molar-refractivity contribution in [2.24, 2.45) is 5.73 Å². The van der Waals surface area contributed by atoms with Crippen LogP contribution in [0.15, 0.2) is 36.5 Å². The number of hydrogen-bond acceptors (Lipinski definition) is 2. The van der Waals surface area contributed by atoms with Crippen LogP contribution >= 0.6 is 0 Å². The molecule has 0 aliphatic rings. The Morgan fingerprint density at radius 2 is 1.67 bits per heavy atom. The maximum absolute atomic E-state index is 6.49. The van der Waals surface area contributed by atoms with Gasteiger partial charge in [-0.2, -0.15) is 0 Å². The lowest BCUT2D eigenvalue weighted by molar-refractivity contribution is 0.505. The highest BCUT2D eigenvalue weighted by molar-refractivity contribution is 5.58. The molecule has 132 valence electrons. The van der Waals surface area contributed by atoms with Crippen LogP contribution in [0.4, 0.5) is 0 Å². The maximum Gasteiger partial charge on any atom is 0.126 e. The van der Waals surface area contributed by atoms with Crippen molar-refractivity contribution in [1.29, 1.82) is 0 Å². The molecule has 0 amide bonds. The average molecular weight is 328 g/mol. The second kappa shape index (κ2) is 10.3. The minimum Gasteiger partial charge on any atom is -0.333 e. The van der Waals surface area contributed by atoms with Crippen LogP contribution in [-0.4, -0.2) is 9.55 Å². The molecule has 0 spiro atoms. The van der Waals surface area contributed by atoms with E-state index in [0.717, 1.165) is 24.5 Å². The predicted octanol–water partition coefficient (Wildman–Crippen LogP) is 5.71. The van der Waals surface area contributed by atoms with E-state index in [4.69, 9.17) is 10.7 Å². The quantitative estimate of drug-likeness (QED) is 0.537. The van der Waals surface area contributed by atoms with Crippen molar-refractivity contribution in [1.82, 2.24) is 9.55 Å². The van der Waals surface area contributed by atoms with E-state index >= 15 is 0 Å². The Labute approximate surface area is 147 Å². The first kappa shape index (κ1) is 18.7. The molecule has 2 aromatic rings. The summed E-state index contributed by atoms with van der Waals surface area (Å²) in [6.07, 6.45) is 11.9. The van der Waals surface area contributed by atoms with Crippen molar-refractivity contribution in [3.63, 3.8) is 0 Å². The number of benzene rings is 1. The van der Waals surface area contributed by atoms with Crippen LogP contribution in [0.3, 0.4) is 0 Å². The smallest absolute Gasteiger partial charge is 0.126 e. The summed E-state index contributed by atoms with van der Waals surface area (Å²) in [5.74, 6) is 1.06. The van der Waals surface area contributed by atoms with Gasteiger partial charge < -0.3 is 10.3 Å². The number of nitrogens with zero attached hydrogens (tertiary/aromatic N) is 2. The van der Waals surface area contributed by atoms with Crippen molar-refractivity contribution in [2.45, 2.75) is 77.8 Å². The molecule has 1 heterocycles. The van der Waals surface area contributed by atoms with Gasteiger partial charge in [-0.1, -0.05) is 82.7 Å². The van der Waals surface area contributed by atoms with Gasteiger partial charge in [0.25, 0.3) is 0 Å². The zero-order valence-electron chi connectivity index (χ0n) is 15.4. The first-order chi connectivity index (χ1) is 11.8. The monoisotopic (exact) mass is 327 g/mol. The van der Waals surface area contributed by atoms with Gasteiger partial charge in [-0.15, -0.1) is 0 Å². The molecule has 24 heavy (non-hydrogen) atoms. The van der Waals surface area contributed by atoms with Crippen LogP contribution in [-0.2, 0) is 6.54 Å². The highest BCUT2D eigenvalue weighted by atomic mass is 15.1. The highest BCUT2D eigenvalue weighted by Gasteiger charge is 2.15. The van der Waals surface area contributed by atoms with E-state index in [2.05, 4.69) is 48.9 Å². The van der Waals surface area contributed by atoms with E-state index in [9.17, 15) is 0 Å². The molecule has 1 unspecified atom stereocenters. The Morgan fingerprint density at radius 1 is 0.958 bits per heavy atom. The van der Waals surface area contributed by atoms with Crippen molar-refractivity contribution < 1.29 is 0 Å². The molecule has 0 saturated carbocycles. The van der Waals surface area contributed by atoms with Gasteiger partial charge in [-0.25, -0.2) is 4.98 Å². The lowest BCUT2D eigenvalue weighted by Crippen LogP contribution is -2.16. The number of aromatic nitrogens is 2. The summed E-state index contributed by atoms with van der Waals surface area (Å²) < 4.78 is 2.29. The third-order valence-corrected chi connectivity index (χ3v) is 4.58. The summed E-state index contributed by atoms with van der Waals surface area (Å²) >= 11 is 0. The summed E-state index contributed by atoms with van der Waals surface area (Å²) in [7, 11) is 0. The standard InChI is InChI=1S/C21H33N3/c1-3-5-7-11-15-19(22)21-23-20(18-13-9-8-10-14-18)17-24(21)16-12-6-4-2/h8-10,13-14,17,19H,3-7,11-12,15-16,22H2,1-2H3. The molecule has 1 aromatic carbocycles. The van der Waals surface area contributed by atoms with Gasteiger partial charge in [-0.3, -0.25) is 0 Å². The number of imidazole rings is 1. The molecular weight excluding hydrogens is 294 g/mol. The van der Waals surface area contributed by atoms with E-state index in [1.54, 1.807) is 0 Å². The van der Waals surface area contributed by atoms with Crippen molar-refractivity contribution in [2.75, 3.05) is 0 Å². The number of hydrogen-bond donors (Lipinski definition) is 1. The molecule has 2 rings (SSSR count). The molecule has 0 radical (unpaired) electrons. The van der Waals surface area contributed by atoms with Crippen LogP contribution in [0.1, 0.15) is 77.1 Å². The molecular formula is C21H33N3. The summed E-state index contributed by atoms with van der Waals surface area (Å²) in [5.41, 5.74) is 8.71. The predicted molar refractivity (Wildman–Crippen MR) is 103 cm³/mol. The fourth-order valence-electron chi connectivity index (χ4n) is 3.11. The fourth-order valence-corrected chi connectivity index (χ4v) is 3.11. The van der Waals surface area contributed by atoms with Gasteiger partial charge in [0.1, 0.15) is 5.82 Å². The molecule has 3 heteroatoms. The van der Waals surface area contributed by atoms with Gasteiger partial charge in [-0.05, 0) is 12.8 Å². The molecule has 0 fully saturated rings. The fraction of sp³-hybridized carbons (Fsp3) is 0.571. The maximum atomic E-state index is 6.49. The molecule has 0 aliphatic heterocycles. The third-order valence-electron chi connectivity index (χ3n) is 4.58. The van der Waals surface area contributed by atoms with Crippen LogP contribution < -0.4 is 5.73 Å². The number of rotatable bonds is 11. The third kappa shape index (κ3) is 5.48. The van der Waals surface area contributed by atoms with Crippen molar-refractivity contribution in [3.05, 3.63) is 42.4 Å². The van der Waals surface area contributed by atoms with E-state index < -0.39 is 0 Å². The molecule has 0 bridgehead atoms. The molecule has 1 atom stereocenters. The molecule has 0 aliphatic carbocycles. The Hall–Kier alpha value is -1.61. The molecule has 1 aromatic heterocycles. The van der Waals surface area contributed by atoms with Gasteiger partial charge in [0, 0.05) is 18.3 Å². The van der Waals surface area contributed by atoms with Gasteiger partial charge >= 0.3 is 0 Å². The van der Waals surface area contributed by atoms with Crippen molar-refractivity contribution >= 4 is 0 Å². The van der Waals surface area contributed by atoms with Crippen LogP contribution in [0, 0.1) is 0 Å². The van der Waals surface area contributed by atoms with E-state index in [1.165, 1.54) is 50.5 Å². The Morgan fingerprint density at radius 3 is 2.38 bits per heavy atom. The summed E-state index contributed by atoms with van der Waals surface area (Å²) in [5, 5.41) is 0. The zero-order chi connectivity index (χ0) is 17.2. The number of nitrogens with two attached hydrogens (primary N) is 1. The molecule has 0 saturated heterocycles. The topological polar surface area (TPSA) is 43.8 Å².